The van der Waals surface area contributed by atoms with Crippen molar-refractivity contribution in [3.8, 4) is 6.07 Å². The average molecular weight is 174 g/mol. The Hall–Kier alpha value is -1.50. The SMILES string of the molecule is N#Cc1ncnnc1C1CCCC1. The second kappa shape index (κ2) is 3.48. The van der Waals surface area contributed by atoms with Crippen LogP contribution in [0.25, 0.3) is 0 Å². The molecular formula is C9H10N4. The molecule has 66 valence electrons. The molecule has 0 aromatic carbocycles. The van der Waals surface area contributed by atoms with E-state index in [4.69, 9.17) is 5.26 Å². The lowest BCUT2D eigenvalue weighted by Gasteiger charge is -2.06. The quantitative estimate of drug-likeness (QED) is 0.645. The molecule has 0 amide bonds. The number of nitrogens with zero attached hydrogens (tertiary/aromatic N) is 4. The van der Waals surface area contributed by atoms with E-state index in [1.54, 1.807) is 0 Å². The first-order valence-electron chi connectivity index (χ1n) is 4.49. The third-order valence-electron chi connectivity index (χ3n) is 2.49. The zero-order chi connectivity index (χ0) is 9.10. The molecule has 4 heteroatoms. The van der Waals surface area contributed by atoms with Gasteiger partial charge in [0.1, 0.15) is 18.1 Å². The van der Waals surface area contributed by atoms with E-state index < -0.39 is 0 Å². The minimum atomic E-state index is 0.413. The fourth-order valence-electron chi connectivity index (χ4n) is 1.85. The van der Waals surface area contributed by atoms with Crippen LogP contribution in [-0.2, 0) is 0 Å². The summed E-state index contributed by atoms with van der Waals surface area (Å²) in [7, 11) is 0. The molecule has 1 aromatic heterocycles. The van der Waals surface area contributed by atoms with Crippen molar-refractivity contribution in [1.82, 2.24) is 15.2 Å². The normalized spacial score (nSPS) is 17.2. The summed E-state index contributed by atoms with van der Waals surface area (Å²) < 4.78 is 0. The van der Waals surface area contributed by atoms with Crippen molar-refractivity contribution >= 4 is 0 Å². The standard InChI is InChI=1S/C9H10N4/c10-5-8-9(13-12-6-11-8)7-3-1-2-4-7/h6-7H,1-4H2. The summed E-state index contributed by atoms with van der Waals surface area (Å²) in [4.78, 5) is 3.91. The van der Waals surface area contributed by atoms with Crippen molar-refractivity contribution in [1.29, 1.82) is 5.26 Å². The lowest BCUT2D eigenvalue weighted by Crippen LogP contribution is -2.03. The zero-order valence-corrected chi connectivity index (χ0v) is 7.27. The largest absolute Gasteiger partial charge is 0.222 e. The number of hydrogen-bond donors (Lipinski definition) is 0. The number of hydrogen-bond acceptors (Lipinski definition) is 4. The van der Waals surface area contributed by atoms with Gasteiger partial charge in [-0.05, 0) is 12.8 Å². The van der Waals surface area contributed by atoms with E-state index in [0.717, 1.165) is 18.5 Å². The van der Waals surface area contributed by atoms with Crippen molar-refractivity contribution in [2.24, 2.45) is 0 Å². The summed E-state index contributed by atoms with van der Waals surface area (Å²) >= 11 is 0. The van der Waals surface area contributed by atoms with Gasteiger partial charge in [0.15, 0.2) is 5.69 Å². The lowest BCUT2D eigenvalue weighted by molar-refractivity contribution is 0.667. The van der Waals surface area contributed by atoms with Gasteiger partial charge in [0.25, 0.3) is 0 Å². The molecule has 2 rings (SSSR count). The number of rotatable bonds is 1. The molecular weight excluding hydrogens is 164 g/mol. The monoisotopic (exact) mass is 174 g/mol. The van der Waals surface area contributed by atoms with Crippen molar-refractivity contribution in [3.63, 3.8) is 0 Å². The molecule has 0 spiro atoms. The summed E-state index contributed by atoms with van der Waals surface area (Å²) in [6.07, 6.45) is 6.03. The van der Waals surface area contributed by atoms with E-state index >= 15 is 0 Å². The smallest absolute Gasteiger partial charge is 0.165 e. The van der Waals surface area contributed by atoms with Crippen LogP contribution in [-0.4, -0.2) is 15.2 Å². The Bertz CT molecular complexity index is 336. The van der Waals surface area contributed by atoms with Gasteiger partial charge in [-0.15, -0.1) is 5.10 Å². The third kappa shape index (κ3) is 1.50. The van der Waals surface area contributed by atoms with Gasteiger partial charge in [-0.2, -0.15) is 10.4 Å². The minimum Gasteiger partial charge on any atom is -0.222 e. The highest BCUT2D eigenvalue weighted by atomic mass is 15.1. The van der Waals surface area contributed by atoms with Crippen LogP contribution in [0.3, 0.4) is 0 Å². The Labute approximate surface area is 76.6 Å². The van der Waals surface area contributed by atoms with Crippen LogP contribution >= 0.6 is 0 Å². The second-order valence-electron chi connectivity index (χ2n) is 3.29. The molecule has 13 heavy (non-hydrogen) atoms. The highest BCUT2D eigenvalue weighted by Crippen LogP contribution is 2.33. The maximum atomic E-state index is 8.80. The Balaban J connectivity index is 2.33. The predicted octanol–water partition coefficient (Wildman–Crippen LogP) is 1.40. The second-order valence-corrected chi connectivity index (χ2v) is 3.29. The van der Waals surface area contributed by atoms with E-state index in [1.165, 1.54) is 19.2 Å². The Morgan fingerprint density at radius 2 is 2.15 bits per heavy atom. The van der Waals surface area contributed by atoms with Gasteiger partial charge in [-0.1, -0.05) is 12.8 Å². The van der Waals surface area contributed by atoms with E-state index in [2.05, 4.69) is 21.3 Å². The summed E-state index contributed by atoms with van der Waals surface area (Å²) in [5.41, 5.74) is 1.24. The van der Waals surface area contributed by atoms with Crippen molar-refractivity contribution < 1.29 is 0 Å². The Morgan fingerprint density at radius 1 is 1.38 bits per heavy atom. The maximum absolute atomic E-state index is 8.80. The molecule has 4 nitrogen and oxygen atoms in total. The summed E-state index contributed by atoms with van der Waals surface area (Å²) in [6.45, 7) is 0. The Kier molecular flexibility index (Phi) is 2.17. The van der Waals surface area contributed by atoms with Crippen molar-refractivity contribution in [3.05, 3.63) is 17.7 Å². The van der Waals surface area contributed by atoms with Crippen LogP contribution in [0, 0.1) is 11.3 Å². The molecule has 1 aliphatic rings. The van der Waals surface area contributed by atoms with Crippen LogP contribution in [0.5, 0.6) is 0 Å². The Morgan fingerprint density at radius 3 is 2.85 bits per heavy atom. The molecule has 0 bridgehead atoms. The van der Waals surface area contributed by atoms with Gasteiger partial charge in [-0.25, -0.2) is 4.98 Å². The van der Waals surface area contributed by atoms with Crippen LogP contribution in [0.1, 0.15) is 43.0 Å². The molecule has 1 heterocycles. The molecule has 0 saturated heterocycles. The van der Waals surface area contributed by atoms with Gasteiger partial charge in [0, 0.05) is 5.92 Å². The predicted molar refractivity (Wildman–Crippen MR) is 45.8 cm³/mol. The summed E-state index contributed by atoms with van der Waals surface area (Å²) in [6, 6.07) is 2.06. The number of aromatic nitrogens is 3. The van der Waals surface area contributed by atoms with E-state index in [0.29, 0.717) is 11.6 Å². The van der Waals surface area contributed by atoms with Gasteiger partial charge < -0.3 is 0 Å². The molecule has 0 aliphatic heterocycles. The summed E-state index contributed by atoms with van der Waals surface area (Å²) in [5, 5.41) is 16.5. The molecule has 0 radical (unpaired) electrons. The van der Waals surface area contributed by atoms with Gasteiger partial charge in [-0.3, -0.25) is 0 Å². The fourth-order valence-corrected chi connectivity index (χ4v) is 1.85. The van der Waals surface area contributed by atoms with Gasteiger partial charge in [0.05, 0.1) is 0 Å². The molecule has 1 aromatic rings. The zero-order valence-electron chi connectivity index (χ0n) is 7.27. The average Bonchev–Trinajstić information content (AvgIpc) is 2.70. The van der Waals surface area contributed by atoms with Crippen LogP contribution in [0.15, 0.2) is 6.33 Å². The van der Waals surface area contributed by atoms with Crippen molar-refractivity contribution in [2.45, 2.75) is 31.6 Å². The number of nitriles is 1. The first kappa shape index (κ1) is 8.11. The van der Waals surface area contributed by atoms with Gasteiger partial charge >= 0.3 is 0 Å². The first-order chi connectivity index (χ1) is 6.42. The highest BCUT2D eigenvalue weighted by molar-refractivity contribution is 5.27. The first-order valence-corrected chi connectivity index (χ1v) is 4.49. The van der Waals surface area contributed by atoms with E-state index in [1.807, 2.05) is 0 Å². The maximum Gasteiger partial charge on any atom is 0.165 e. The molecule has 0 unspecified atom stereocenters. The van der Waals surface area contributed by atoms with Crippen molar-refractivity contribution in [2.75, 3.05) is 0 Å². The highest BCUT2D eigenvalue weighted by Gasteiger charge is 2.22. The minimum absolute atomic E-state index is 0.413. The third-order valence-corrected chi connectivity index (χ3v) is 2.49. The van der Waals surface area contributed by atoms with Crippen LogP contribution < -0.4 is 0 Å². The topological polar surface area (TPSA) is 62.5 Å². The van der Waals surface area contributed by atoms with E-state index in [9.17, 15) is 0 Å². The molecule has 1 aliphatic carbocycles. The van der Waals surface area contributed by atoms with Gasteiger partial charge in [0.2, 0.25) is 0 Å². The van der Waals surface area contributed by atoms with E-state index in [-0.39, 0.29) is 0 Å². The summed E-state index contributed by atoms with van der Waals surface area (Å²) in [5.74, 6) is 0.413. The molecule has 0 atom stereocenters. The molecule has 1 fully saturated rings. The van der Waals surface area contributed by atoms with Crippen LogP contribution in [0.2, 0.25) is 0 Å². The fraction of sp³-hybridized carbons (Fsp3) is 0.556. The van der Waals surface area contributed by atoms with Crippen LogP contribution in [0.4, 0.5) is 0 Å². The molecule has 0 N–H and O–H groups in total. The molecule has 1 saturated carbocycles. The lowest BCUT2D eigenvalue weighted by atomic mass is 10.0.